The maximum Gasteiger partial charge on any atom is 0.303 e. The Bertz CT molecular complexity index is 355. The van der Waals surface area contributed by atoms with Crippen LogP contribution in [0.3, 0.4) is 0 Å². The quantitative estimate of drug-likeness (QED) is 0.612. The van der Waals surface area contributed by atoms with Crippen molar-refractivity contribution >= 4 is 21.9 Å². The Morgan fingerprint density at radius 1 is 1.56 bits per heavy atom. The van der Waals surface area contributed by atoms with Gasteiger partial charge in [-0.25, -0.2) is 4.98 Å². The third kappa shape index (κ3) is 4.31. The van der Waals surface area contributed by atoms with Gasteiger partial charge in [-0.1, -0.05) is 19.4 Å². The van der Waals surface area contributed by atoms with Crippen LogP contribution in [0.25, 0.3) is 0 Å². The van der Waals surface area contributed by atoms with Gasteiger partial charge < -0.3 is 4.74 Å². The van der Waals surface area contributed by atoms with Gasteiger partial charge in [0, 0.05) is 6.92 Å². The van der Waals surface area contributed by atoms with Crippen molar-refractivity contribution in [2.45, 2.75) is 39.2 Å². The van der Waals surface area contributed by atoms with Crippen LogP contribution in [0.15, 0.2) is 22.8 Å². The molecule has 1 atom stereocenters. The molecule has 0 saturated carbocycles. The van der Waals surface area contributed by atoms with Crippen LogP contribution in [0.1, 0.15) is 44.9 Å². The Kier molecular flexibility index (Phi) is 5.46. The van der Waals surface area contributed by atoms with Crippen LogP contribution in [0.4, 0.5) is 0 Å². The summed E-state index contributed by atoms with van der Waals surface area (Å²) in [6.45, 7) is 3.54. The first-order valence-corrected chi connectivity index (χ1v) is 6.22. The van der Waals surface area contributed by atoms with Crippen molar-refractivity contribution in [3.63, 3.8) is 0 Å². The summed E-state index contributed by atoms with van der Waals surface area (Å²) in [5.74, 6) is -0.261. The second-order valence-electron chi connectivity index (χ2n) is 3.63. The smallest absolute Gasteiger partial charge is 0.303 e. The molecule has 1 rings (SSSR count). The molecular formula is C12H16BrNO2. The van der Waals surface area contributed by atoms with Crippen molar-refractivity contribution in [1.29, 1.82) is 0 Å². The molecule has 0 N–H and O–H groups in total. The fourth-order valence-corrected chi connectivity index (χ4v) is 1.82. The van der Waals surface area contributed by atoms with E-state index in [1.165, 1.54) is 6.92 Å². The van der Waals surface area contributed by atoms with Crippen LogP contribution in [0.5, 0.6) is 0 Å². The lowest BCUT2D eigenvalue weighted by atomic mass is 10.1. The van der Waals surface area contributed by atoms with Crippen LogP contribution in [0.2, 0.25) is 0 Å². The predicted octanol–water partition coefficient (Wildman–Crippen LogP) is 3.64. The highest BCUT2D eigenvalue weighted by molar-refractivity contribution is 9.10. The molecule has 0 spiro atoms. The zero-order chi connectivity index (χ0) is 12.0. The van der Waals surface area contributed by atoms with Gasteiger partial charge in [-0.3, -0.25) is 4.79 Å². The number of hydrogen-bond donors (Lipinski definition) is 0. The second-order valence-corrected chi connectivity index (χ2v) is 4.44. The molecule has 1 aromatic rings. The van der Waals surface area contributed by atoms with E-state index < -0.39 is 0 Å². The number of unbranched alkanes of at least 4 members (excludes halogenated alkanes) is 1. The molecule has 0 aromatic carbocycles. The Morgan fingerprint density at radius 2 is 2.31 bits per heavy atom. The summed E-state index contributed by atoms with van der Waals surface area (Å²) in [4.78, 5) is 15.3. The third-order valence-electron chi connectivity index (χ3n) is 2.19. The highest BCUT2D eigenvalue weighted by Gasteiger charge is 2.15. The normalized spacial score (nSPS) is 12.2. The topological polar surface area (TPSA) is 39.2 Å². The maximum absolute atomic E-state index is 11.0. The summed E-state index contributed by atoms with van der Waals surface area (Å²) < 4.78 is 6.03. The molecule has 0 aliphatic heterocycles. The zero-order valence-electron chi connectivity index (χ0n) is 9.57. The fraction of sp³-hybridized carbons (Fsp3) is 0.500. The van der Waals surface area contributed by atoms with Gasteiger partial charge in [-0.15, -0.1) is 0 Å². The first-order chi connectivity index (χ1) is 7.63. The van der Waals surface area contributed by atoms with Gasteiger partial charge in [-0.2, -0.15) is 0 Å². The molecule has 0 saturated heterocycles. The van der Waals surface area contributed by atoms with Gasteiger partial charge in [0.1, 0.15) is 10.7 Å². The van der Waals surface area contributed by atoms with E-state index in [1.54, 1.807) is 0 Å². The van der Waals surface area contributed by atoms with E-state index in [-0.39, 0.29) is 12.1 Å². The molecule has 0 fully saturated rings. The van der Waals surface area contributed by atoms with Crippen molar-refractivity contribution in [1.82, 2.24) is 4.98 Å². The summed E-state index contributed by atoms with van der Waals surface area (Å²) in [6.07, 6.45) is 2.69. The number of hydrogen-bond acceptors (Lipinski definition) is 3. The van der Waals surface area contributed by atoms with Gasteiger partial charge in [0.25, 0.3) is 0 Å². The van der Waals surface area contributed by atoms with Crippen molar-refractivity contribution in [2.75, 3.05) is 0 Å². The van der Waals surface area contributed by atoms with E-state index in [4.69, 9.17) is 4.74 Å². The van der Waals surface area contributed by atoms with Gasteiger partial charge in [-0.05, 0) is 40.9 Å². The van der Waals surface area contributed by atoms with E-state index >= 15 is 0 Å². The molecule has 88 valence electrons. The van der Waals surface area contributed by atoms with E-state index in [2.05, 4.69) is 27.8 Å². The number of esters is 1. The first kappa shape index (κ1) is 13.2. The Morgan fingerprint density at radius 3 is 2.88 bits per heavy atom. The lowest BCUT2D eigenvalue weighted by Crippen LogP contribution is -2.10. The highest BCUT2D eigenvalue weighted by atomic mass is 79.9. The van der Waals surface area contributed by atoms with Crippen LogP contribution in [-0.2, 0) is 9.53 Å². The average Bonchev–Trinajstić information content (AvgIpc) is 2.23. The minimum absolute atomic E-state index is 0.227. The standard InChI is InChI=1S/C12H16BrNO2/c1-3-4-7-11(16-9(2)15)10-6-5-8-12(13)14-10/h5-6,8,11H,3-4,7H2,1-2H3/t11-/m1/s1. The molecule has 0 unspecified atom stereocenters. The lowest BCUT2D eigenvalue weighted by molar-refractivity contribution is -0.147. The number of halogens is 1. The van der Waals surface area contributed by atoms with Crippen molar-refractivity contribution < 1.29 is 9.53 Å². The number of aromatic nitrogens is 1. The van der Waals surface area contributed by atoms with Gasteiger partial charge in [0.2, 0.25) is 0 Å². The number of rotatable bonds is 5. The van der Waals surface area contributed by atoms with Crippen molar-refractivity contribution in [3.8, 4) is 0 Å². The predicted molar refractivity (Wildman–Crippen MR) is 66.0 cm³/mol. The van der Waals surface area contributed by atoms with E-state index in [9.17, 15) is 4.79 Å². The number of ether oxygens (including phenoxy) is 1. The van der Waals surface area contributed by atoms with Crippen molar-refractivity contribution in [3.05, 3.63) is 28.5 Å². The molecular weight excluding hydrogens is 270 g/mol. The van der Waals surface area contributed by atoms with Gasteiger partial charge in [0.15, 0.2) is 0 Å². The van der Waals surface area contributed by atoms with E-state index in [0.717, 1.165) is 29.6 Å². The van der Waals surface area contributed by atoms with E-state index in [1.807, 2.05) is 18.2 Å². The van der Waals surface area contributed by atoms with Crippen LogP contribution in [-0.4, -0.2) is 11.0 Å². The summed E-state index contributed by atoms with van der Waals surface area (Å²) in [7, 11) is 0. The van der Waals surface area contributed by atoms with Crippen LogP contribution in [0, 0.1) is 0 Å². The SMILES string of the molecule is CCCC[C@@H](OC(C)=O)c1cccc(Br)n1. The molecule has 0 bridgehead atoms. The minimum atomic E-state index is -0.261. The van der Waals surface area contributed by atoms with Gasteiger partial charge in [0.05, 0.1) is 5.69 Å². The molecule has 4 heteroatoms. The number of carbonyl (C=O) groups excluding carboxylic acids is 1. The monoisotopic (exact) mass is 285 g/mol. The van der Waals surface area contributed by atoms with E-state index in [0.29, 0.717) is 0 Å². The number of carbonyl (C=O) groups is 1. The average molecular weight is 286 g/mol. The summed E-state index contributed by atoms with van der Waals surface area (Å²) in [5.41, 5.74) is 0.804. The summed E-state index contributed by atoms with van der Waals surface area (Å²) >= 11 is 3.31. The molecule has 0 amide bonds. The first-order valence-electron chi connectivity index (χ1n) is 5.43. The molecule has 1 aromatic heterocycles. The maximum atomic E-state index is 11.0. The third-order valence-corrected chi connectivity index (χ3v) is 2.64. The molecule has 0 aliphatic rings. The second kappa shape index (κ2) is 6.63. The fourth-order valence-electron chi connectivity index (χ4n) is 1.46. The zero-order valence-corrected chi connectivity index (χ0v) is 11.2. The number of nitrogens with zero attached hydrogens (tertiary/aromatic N) is 1. The molecule has 16 heavy (non-hydrogen) atoms. The molecule has 0 radical (unpaired) electrons. The Labute approximate surface area is 104 Å². The molecule has 0 aliphatic carbocycles. The van der Waals surface area contributed by atoms with Crippen molar-refractivity contribution in [2.24, 2.45) is 0 Å². The summed E-state index contributed by atoms with van der Waals surface area (Å²) in [6, 6.07) is 5.64. The largest absolute Gasteiger partial charge is 0.456 e. The Balaban J connectivity index is 2.78. The highest BCUT2D eigenvalue weighted by Crippen LogP contribution is 2.23. The van der Waals surface area contributed by atoms with Crippen LogP contribution < -0.4 is 0 Å². The molecule has 1 heterocycles. The Hall–Kier alpha value is -0.900. The minimum Gasteiger partial charge on any atom is -0.456 e. The lowest BCUT2D eigenvalue weighted by Gasteiger charge is -2.16. The van der Waals surface area contributed by atoms with Crippen LogP contribution >= 0.6 is 15.9 Å². The molecule has 3 nitrogen and oxygen atoms in total. The summed E-state index contributed by atoms with van der Waals surface area (Å²) in [5, 5.41) is 0. The van der Waals surface area contributed by atoms with Gasteiger partial charge >= 0.3 is 5.97 Å². The number of pyridine rings is 1.